The Kier molecular flexibility index (Phi) is 6.60. The van der Waals surface area contributed by atoms with Crippen molar-refractivity contribution < 1.29 is 4.79 Å². The molecule has 2 aromatic rings. The van der Waals surface area contributed by atoms with E-state index in [1.165, 1.54) is 37.8 Å². The number of carbonyl (C=O) groups is 1. The van der Waals surface area contributed by atoms with Crippen molar-refractivity contribution in [2.24, 2.45) is 0 Å². The lowest BCUT2D eigenvalue weighted by Gasteiger charge is -2.46. The molecule has 2 aliphatic rings. The number of amides is 1. The Bertz CT molecular complexity index is 779. The molecular weight excluding hydrogens is 358 g/mol. The van der Waals surface area contributed by atoms with Crippen molar-refractivity contribution in [1.29, 1.82) is 0 Å². The molecular formula is C25H33N3O. The number of rotatable bonds is 7. The maximum absolute atomic E-state index is 12.9. The lowest BCUT2D eigenvalue weighted by atomic mass is 9.86. The van der Waals surface area contributed by atoms with E-state index in [1.807, 2.05) is 12.3 Å². The number of nitrogens with zero attached hydrogens (tertiary/aromatic N) is 3. The first-order chi connectivity index (χ1) is 14.3. The zero-order chi connectivity index (χ0) is 19.9. The summed E-state index contributed by atoms with van der Waals surface area (Å²) < 4.78 is 0. The Morgan fingerprint density at radius 1 is 0.966 bits per heavy atom. The quantitative estimate of drug-likeness (QED) is 0.713. The van der Waals surface area contributed by atoms with E-state index in [1.54, 1.807) is 6.20 Å². The van der Waals surface area contributed by atoms with Crippen molar-refractivity contribution >= 4 is 5.91 Å². The van der Waals surface area contributed by atoms with Gasteiger partial charge >= 0.3 is 0 Å². The van der Waals surface area contributed by atoms with Crippen LogP contribution in [0.1, 0.15) is 49.7 Å². The molecule has 1 unspecified atom stereocenters. The molecule has 0 bridgehead atoms. The summed E-state index contributed by atoms with van der Waals surface area (Å²) in [7, 11) is 0. The largest absolute Gasteiger partial charge is 0.341 e. The summed E-state index contributed by atoms with van der Waals surface area (Å²) >= 11 is 0. The first-order valence-electron chi connectivity index (χ1n) is 11.2. The number of hydrogen-bond acceptors (Lipinski definition) is 3. The van der Waals surface area contributed by atoms with E-state index >= 15 is 0 Å². The highest BCUT2D eigenvalue weighted by Crippen LogP contribution is 2.37. The molecule has 1 atom stereocenters. The highest BCUT2D eigenvalue weighted by Gasteiger charge is 2.44. The average Bonchev–Trinajstić information content (AvgIpc) is 3.15. The van der Waals surface area contributed by atoms with E-state index in [0.717, 1.165) is 44.5 Å². The number of piperidine rings is 1. The second-order valence-electron chi connectivity index (χ2n) is 8.68. The average molecular weight is 392 g/mol. The van der Waals surface area contributed by atoms with Gasteiger partial charge in [-0.2, -0.15) is 0 Å². The van der Waals surface area contributed by atoms with Crippen LogP contribution in [0.3, 0.4) is 0 Å². The number of likely N-dealkylation sites (tertiary alicyclic amines) is 2. The second kappa shape index (κ2) is 9.53. The van der Waals surface area contributed by atoms with Gasteiger partial charge in [0.2, 0.25) is 5.91 Å². The molecule has 29 heavy (non-hydrogen) atoms. The third-order valence-electron chi connectivity index (χ3n) is 6.74. The summed E-state index contributed by atoms with van der Waals surface area (Å²) in [6, 6.07) is 14.8. The van der Waals surface area contributed by atoms with Gasteiger partial charge in [0.25, 0.3) is 0 Å². The molecule has 154 valence electrons. The van der Waals surface area contributed by atoms with E-state index < -0.39 is 0 Å². The Balaban J connectivity index is 1.31. The molecule has 0 radical (unpaired) electrons. The Morgan fingerprint density at radius 2 is 1.76 bits per heavy atom. The molecule has 2 saturated heterocycles. The summed E-state index contributed by atoms with van der Waals surface area (Å²) in [5, 5.41) is 0. The lowest BCUT2D eigenvalue weighted by Crippen LogP contribution is -2.57. The number of aryl methyl sites for hydroxylation is 2. The van der Waals surface area contributed by atoms with Crippen LogP contribution in [-0.4, -0.2) is 52.4 Å². The minimum absolute atomic E-state index is 0.221. The van der Waals surface area contributed by atoms with Crippen LogP contribution in [0.5, 0.6) is 0 Å². The predicted octanol–water partition coefficient (Wildman–Crippen LogP) is 4.10. The minimum Gasteiger partial charge on any atom is -0.341 e. The van der Waals surface area contributed by atoms with E-state index in [-0.39, 0.29) is 5.54 Å². The zero-order valence-electron chi connectivity index (χ0n) is 17.4. The van der Waals surface area contributed by atoms with Gasteiger partial charge < -0.3 is 4.90 Å². The smallest absolute Gasteiger partial charge is 0.222 e. The van der Waals surface area contributed by atoms with Gasteiger partial charge in [0.15, 0.2) is 0 Å². The summed E-state index contributed by atoms with van der Waals surface area (Å²) in [6.45, 7) is 4.18. The molecule has 1 spiro atoms. The van der Waals surface area contributed by atoms with E-state index in [0.29, 0.717) is 12.3 Å². The number of pyridine rings is 1. The lowest BCUT2D eigenvalue weighted by molar-refractivity contribution is -0.135. The maximum atomic E-state index is 12.9. The molecule has 0 aliphatic carbocycles. The maximum Gasteiger partial charge on any atom is 0.222 e. The molecule has 3 heterocycles. The number of hydrogen-bond donors (Lipinski definition) is 0. The molecule has 2 fully saturated rings. The fourth-order valence-electron chi connectivity index (χ4n) is 5.20. The summed E-state index contributed by atoms with van der Waals surface area (Å²) in [6.07, 6.45) is 12.3. The van der Waals surface area contributed by atoms with Crippen molar-refractivity contribution in [3.05, 3.63) is 66.0 Å². The number of benzene rings is 1. The normalized spacial score (nSPS) is 22.3. The molecule has 1 amide bonds. The van der Waals surface area contributed by atoms with Gasteiger partial charge in [-0.1, -0.05) is 36.4 Å². The first-order valence-corrected chi connectivity index (χ1v) is 11.2. The van der Waals surface area contributed by atoms with Crippen molar-refractivity contribution in [2.45, 2.75) is 56.9 Å². The van der Waals surface area contributed by atoms with Gasteiger partial charge in [-0.05, 0) is 75.2 Å². The Labute approximate surface area is 174 Å². The van der Waals surface area contributed by atoms with Crippen LogP contribution in [0.25, 0.3) is 0 Å². The Morgan fingerprint density at radius 3 is 2.55 bits per heavy atom. The van der Waals surface area contributed by atoms with Crippen LogP contribution >= 0.6 is 0 Å². The predicted molar refractivity (Wildman–Crippen MR) is 117 cm³/mol. The van der Waals surface area contributed by atoms with Crippen LogP contribution < -0.4 is 0 Å². The van der Waals surface area contributed by atoms with Crippen LogP contribution in [0.2, 0.25) is 0 Å². The molecule has 4 nitrogen and oxygen atoms in total. The summed E-state index contributed by atoms with van der Waals surface area (Å²) in [4.78, 5) is 21.9. The summed E-state index contributed by atoms with van der Waals surface area (Å²) in [5.74, 6) is 0.309. The van der Waals surface area contributed by atoms with Crippen LogP contribution in [0, 0.1) is 0 Å². The Hall–Kier alpha value is -2.20. The molecule has 0 N–H and O–H groups in total. The van der Waals surface area contributed by atoms with Crippen molar-refractivity contribution in [3.63, 3.8) is 0 Å². The summed E-state index contributed by atoms with van der Waals surface area (Å²) in [5.41, 5.74) is 2.80. The third-order valence-corrected chi connectivity index (χ3v) is 6.74. The van der Waals surface area contributed by atoms with E-state index in [9.17, 15) is 4.79 Å². The molecule has 0 saturated carbocycles. The fraction of sp³-hybridized carbons (Fsp3) is 0.520. The first kappa shape index (κ1) is 20.1. The SMILES string of the molecule is O=C(CCc1cccnc1)N1CCCC2(CCCN2CCCc2ccccc2)C1. The second-order valence-corrected chi connectivity index (χ2v) is 8.68. The van der Waals surface area contributed by atoms with Crippen LogP contribution in [0.15, 0.2) is 54.9 Å². The minimum atomic E-state index is 0.221. The van der Waals surface area contributed by atoms with Gasteiger partial charge in [-0.3, -0.25) is 14.7 Å². The molecule has 1 aromatic heterocycles. The highest BCUT2D eigenvalue weighted by atomic mass is 16.2. The molecule has 2 aliphatic heterocycles. The van der Waals surface area contributed by atoms with Gasteiger partial charge in [-0.25, -0.2) is 0 Å². The van der Waals surface area contributed by atoms with Gasteiger partial charge in [-0.15, -0.1) is 0 Å². The third kappa shape index (κ3) is 5.05. The van der Waals surface area contributed by atoms with Crippen molar-refractivity contribution in [3.8, 4) is 0 Å². The zero-order valence-corrected chi connectivity index (χ0v) is 17.4. The fourth-order valence-corrected chi connectivity index (χ4v) is 5.20. The monoisotopic (exact) mass is 391 g/mol. The van der Waals surface area contributed by atoms with Crippen LogP contribution in [-0.2, 0) is 17.6 Å². The highest BCUT2D eigenvalue weighted by molar-refractivity contribution is 5.76. The van der Waals surface area contributed by atoms with Gasteiger partial charge in [0.05, 0.1) is 0 Å². The topological polar surface area (TPSA) is 36.4 Å². The molecule has 4 heteroatoms. The van der Waals surface area contributed by atoms with Crippen molar-refractivity contribution in [2.75, 3.05) is 26.2 Å². The number of carbonyl (C=O) groups excluding carboxylic acids is 1. The van der Waals surface area contributed by atoms with E-state index in [4.69, 9.17) is 0 Å². The van der Waals surface area contributed by atoms with Gasteiger partial charge in [0.1, 0.15) is 0 Å². The van der Waals surface area contributed by atoms with Gasteiger partial charge in [0, 0.05) is 37.4 Å². The molecule has 1 aromatic carbocycles. The van der Waals surface area contributed by atoms with Crippen molar-refractivity contribution in [1.82, 2.24) is 14.8 Å². The van der Waals surface area contributed by atoms with Crippen LogP contribution in [0.4, 0.5) is 0 Å². The standard InChI is InChI=1S/C25H33N3O/c29-24(13-12-23-10-4-16-26-20-23)27-17-6-14-25(21-27)15-7-19-28(25)18-5-11-22-8-2-1-3-9-22/h1-4,8-10,16,20H,5-7,11-15,17-19,21H2. The number of aromatic nitrogens is 1. The molecule has 4 rings (SSSR count). The van der Waals surface area contributed by atoms with E-state index in [2.05, 4.69) is 51.2 Å².